The third-order valence-electron chi connectivity index (χ3n) is 12.7. The number of carbonyl (C=O) groups excluding carboxylic acids is 3. The van der Waals surface area contributed by atoms with Crippen LogP contribution in [0.15, 0.2) is 30.3 Å². The Kier molecular flexibility index (Phi) is 6.99. The van der Waals surface area contributed by atoms with Crippen molar-refractivity contribution in [3.63, 3.8) is 0 Å². The Morgan fingerprint density at radius 2 is 1.75 bits per heavy atom. The molecule has 1 spiro atoms. The predicted octanol–water partition coefficient (Wildman–Crippen LogP) is 1.84. The van der Waals surface area contributed by atoms with Gasteiger partial charge in [-0.15, -0.1) is 0 Å². The maximum absolute atomic E-state index is 13.7. The Balaban J connectivity index is 1.50. The van der Waals surface area contributed by atoms with Gasteiger partial charge < -0.3 is 38.4 Å². The molecule has 0 radical (unpaired) electrons. The molecule has 5 unspecified atom stereocenters. The van der Waals surface area contributed by atoms with Crippen LogP contribution in [0.25, 0.3) is 0 Å². The summed E-state index contributed by atoms with van der Waals surface area (Å²) in [6.07, 6.45) is 0.195. The van der Waals surface area contributed by atoms with Crippen LogP contribution in [0.3, 0.4) is 0 Å². The number of fused-ring (bicyclic) bond motifs is 2. The number of rotatable bonds is 9. The van der Waals surface area contributed by atoms with Gasteiger partial charge in [0.2, 0.25) is 6.41 Å². The van der Waals surface area contributed by atoms with Crippen molar-refractivity contribution >= 4 is 18.3 Å². The zero-order valence-electron chi connectivity index (χ0n) is 26.0. The molecule has 7 bridgehead atoms. The van der Waals surface area contributed by atoms with Crippen molar-refractivity contribution in [2.24, 2.45) is 34.5 Å². The summed E-state index contributed by atoms with van der Waals surface area (Å²) in [7, 11) is 6.58. The van der Waals surface area contributed by atoms with Crippen LogP contribution in [0.2, 0.25) is 0 Å². The monoisotopic (exact) mass is 613 g/mol. The molecule has 6 aliphatic rings. The molecule has 11 heteroatoms. The zero-order valence-corrected chi connectivity index (χ0v) is 26.0. The van der Waals surface area contributed by atoms with E-state index in [1.54, 1.807) is 45.6 Å². The van der Waals surface area contributed by atoms with Gasteiger partial charge in [0.25, 0.3) is 0 Å². The number of hydrogen-bond donors (Lipinski definition) is 1. The van der Waals surface area contributed by atoms with Crippen molar-refractivity contribution < 1.29 is 47.9 Å². The molecule has 13 atom stereocenters. The van der Waals surface area contributed by atoms with E-state index < -0.39 is 70.2 Å². The predicted molar refractivity (Wildman–Crippen MR) is 153 cm³/mol. The van der Waals surface area contributed by atoms with E-state index >= 15 is 0 Å². The van der Waals surface area contributed by atoms with Crippen LogP contribution in [-0.4, -0.2) is 112 Å². The number of aliphatic hydroxyl groups is 1. The molecule has 0 aromatic heterocycles. The van der Waals surface area contributed by atoms with E-state index in [1.165, 1.54) is 14.0 Å². The summed E-state index contributed by atoms with van der Waals surface area (Å²) in [6, 6.07) is 8.26. The summed E-state index contributed by atoms with van der Waals surface area (Å²) in [5.74, 6) is -2.66. The summed E-state index contributed by atoms with van der Waals surface area (Å²) >= 11 is 0. The highest BCUT2D eigenvalue weighted by atomic mass is 16.6. The lowest BCUT2D eigenvalue weighted by molar-refractivity contribution is -0.283. The quantitative estimate of drug-likeness (QED) is 0.325. The first kappa shape index (κ1) is 30.1. The van der Waals surface area contributed by atoms with Crippen LogP contribution in [0.1, 0.15) is 43.0 Å². The fourth-order valence-electron chi connectivity index (χ4n) is 12.0. The van der Waals surface area contributed by atoms with Gasteiger partial charge in [-0.1, -0.05) is 18.2 Å². The first-order valence-corrected chi connectivity index (χ1v) is 15.6. The van der Waals surface area contributed by atoms with E-state index in [2.05, 4.69) is 0 Å². The lowest BCUT2D eigenvalue weighted by atomic mass is 9.43. The third kappa shape index (κ3) is 3.48. The van der Waals surface area contributed by atoms with Crippen LogP contribution in [0, 0.1) is 34.5 Å². The average molecular weight is 614 g/mol. The van der Waals surface area contributed by atoms with Crippen molar-refractivity contribution in [3.8, 4) is 0 Å². The van der Waals surface area contributed by atoms with Crippen LogP contribution in [-0.2, 0) is 38.0 Å². The van der Waals surface area contributed by atoms with Crippen molar-refractivity contribution in [1.82, 2.24) is 4.90 Å². The normalized spacial score (nSPS) is 47.7. The maximum atomic E-state index is 13.7. The fraction of sp³-hybridized carbons (Fsp3) is 0.727. The van der Waals surface area contributed by atoms with Crippen LogP contribution in [0.5, 0.6) is 0 Å². The molecule has 1 aromatic rings. The van der Waals surface area contributed by atoms with Gasteiger partial charge in [0.15, 0.2) is 0 Å². The van der Waals surface area contributed by atoms with Crippen LogP contribution in [0.4, 0.5) is 0 Å². The van der Waals surface area contributed by atoms with E-state index in [1.807, 2.05) is 11.0 Å². The molecule has 11 nitrogen and oxygen atoms in total. The van der Waals surface area contributed by atoms with Crippen molar-refractivity contribution in [1.29, 1.82) is 0 Å². The molecule has 6 fully saturated rings. The minimum absolute atomic E-state index is 0.137. The van der Waals surface area contributed by atoms with Gasteiger partial charge in [0.05, 0.1) is 30.5 Å². The summed E-state index contributed by atoms with van der Waals surface area (Å²) in [5.41, 5.74) is -3.63. The van der Waals surface area contributed by atoms with Gasteiger partial charge in [0.1, 0.15) is 17.3 Å². The largest absolute Gasteiger partial charge is 0.458 e. The number of piperidine rings is 1. The van der Waals surface area contributed by atoms with Gasteiger partial charge >= 0.3 is 11.9 Å². The van der Waals surface area contributed by atoms with Crippen molar-refractivity contribution in [3.05, 3.63) is 35.9 Å². The molecule has 1 N–H and O–H groups in total. The highest BCUT2D eigenvalue weighted by molar-refractivity contribution is 5.89. The molecule has 1 aliphatic heterocycles. The SMILES string of the molecule is COC[C@@]12CCC(OC)C34[C@@H]5CC6(O)C(OC(=O)c7ccccc7)[C@@H]5[C@](OC(C)=O)(C[C@@H]6OC)[C@H](C(OC)[C@@H]31)[C@@H]4N(C=O)C2. The smallest absolute Gasteiger partial charge is 0.338 e. The number of methoxy groups -OCH3 is 4. The lowest BCUT2D eigenvalue weighted by Gasteiger charge is -2.68. The number of nitrogens with zero attached hydrogens (tertiary/aromatic N) is 1. The van der Waals surface area contributed by atoms with Crippen molar-refractivity contribution in [2.75, 3.05) is 41.6 Å². The molecule has 7 rings (SSSR count). The number of likely N-dealkylation sites (tertiary alicyclic amines) is 1. The van der Waals surface area contributed by atoms with Crippen LogP contribution < -0.4 is 0 Å². The molecular formula is C33H43NO10. The van der Waals surface area contributed by atoms with Gasteiger partial charge in [-0.25, -0.2) is 4.79 Å². The summed E-state index contributed by atoms with van der Waals surface area (Å²) in [5, 5.41) is 12.7. The highest BCUT2D eigenvalue weighted by Crippen LogP contribution is 2.80. The molecule has 1 aromatic carbocycles. The Morgan fingerprint density at radius 3 is 2.36 bits per heavy atom. The summed E-state index contributed by atoms with van der Waals surface area (Å²) in [6.45, 7) is 2.26. The second-order valence-electron chi connectivity index (χ2n) is 14.0. The average Bonchev–Trinajstić information content (AvgIpc) is 3.39. The molecule has 1 saturated heterocycles. The molecule has 44 heavy (non-hydrogen) atoms. The first-order valence-electron chi connectivity index (χ1n) is 15.6. The molecule has 5 saturated carbocycles. The minimum atomic E-state index is -1.57. The maximum Gasteiger partial charge on any atom is 0.338 e. The van der Waals surface area contributed by atoms with E-state index in [4.69, 9.17) is 28.4 Å². The number of carbonyl (C=O) groups is 3. The number of esters is 2. The van der Waals surface area contributed by atoms with Gasteiger partial charge in [-0.3, -0.25) is 9.59 Å². The topological polar surface area (TPSA) is 130 Å². The van der Waals surface area contributed by atoms with Gasteiger partial charge in [-0.05, 0) is 37.3 Å². The minimum Gasteiger partial charge on any atom is -0.458 e. The first-order chi connectivity index (χ1) is 21.1. The van der Waals surface area contributed by atoms with Gasteiger partial charge in [-0.2, -0.15) is 0 Å². The fourth-order valence-corrected chi connectivity index (χ4v) is 12.0. The second-order valence-corrected chi connectivity index (χ2v) is 14.0. The Labute approximate surface area is 257 Å². The standard InChI is InChI=1S/C33H43NO10/c1-18(36)44-32-14-22(41-4)31(38)13-20(23(32)28(31)43-29(37)19-9-7-6-8-10-19)33-21(40-3)11-12-30(16-39-2)15-34(17-35)27(33)24(32)25(42-5)26(30)33/h6-10,17,20-28,38H,11-16H2,1-5H3/t20-,21?,22+,23-,24-,25?,26-,27+,28?,30+,31?,32-,33?/m1/s1. The van der Waals surface area contributed by atoms with Crippen LogP contribution >= 0.6 is 0 Å². The molecule has 5 aliphatic carbocycles. The molecule has 240 valence electrons. The molecule has 1 heterocycles. The zero-order chi connectivity index (χ0) is 31.2. The summed E-state index contributed by atoms with van der Waals surface area (Å²) < 4.78 is 37.6. The lowest BCUT2D eigenvalue weighted by Crippen LogP contribution is -2.77. The highest BCUT2D eigenvalue weighted by Gasteiger charge is 2.90. The van der Waals surface area contributed by atoms with E-state index in [0.717, 1.165) is 19.3 Å². The number of amides is 1. The number of hydrogen-bond acceptors (Lipinski definition) is 10. The van der Waals surface area contributed by atoms with Crippen molar-refractivity contribution in [2.45, 2.75) is 74.3 Å². The van der Waals surface area contributed by atoms with E-state index in [-0.39, 0.29) is 30.8 Å². The van der Waals surface area contributed by atoms with E-state index in [0.29, 0.717) is 18.7 Å². The number of benzene rings is 1. The molecular weight excluding hydrogens is 570 g/mol. The second kappa shape index (κ2) is 10.2. The number of ether oxygens (including phenoxy) is 6. The van der Waals surface area contributed by atoms with Gasteiger partial charge in [0, 0.05) is 83.0 Å². The third-order valence-corrected chi connectivity index (χ3v) is 12.7. The molecule has 1 amide bonds. The summed E-state index contributed by atoms with van der Waals surface area (Å²) in [4.78, 5) is 41.7. The van der Waals surface area contributed by atoms with E-state index in [9.17, 15) is 19.5 Å². The Hall–Kier alpha value is -2.57. The Morgan fingerprint density at radius 1 is 1.02 bits per heavy atom. The Bertz CT molecular complexity index is 1330.